The van der Waals surface area contributed by atoms with Gasteiger partial charge in [-0.05, 0) is 62.1 Å². The van der Waals surface area contributed by atoms with Gasteiger partial charge in [0.05, 0.1) is 11.5 Å². The second-order valence-corrected chi connectivity index (χ2v) is 8.52. The highest BCUT2D eigenvalue weighted by molar-refractivity contribution is 7.89. The van der Waals surface area contributed by atoms with Crippen molar-refractivity contribution in [2.75, 3.05) is 19.7 Å². The van der Waals surface area contributed by atoms with Crippen molar-refractivity contribution in [2.24, 2.45) is 0 Å². The summed E-state index contributed by atoms with van der Waals surface area (Å²) in [6.45, 7) is 6.43. The lowest BCUT2D eigenvalue weighted by Gasteiger charge is -2.11. The molecule has 28 heavy (non-hydrogen) atoms. The molecular formula is C21H28N2O4S. The molecule has 0 atom stereocenters. The molecular weight excluding hydrogens is 376 g/mol. The Bertz CT molecular complexity index is 910. The van der Waals surface area contributed by atoms with Crippen LogP contribution in [0, 0.1) is 20.8 Å². The fraction of sp³-hybridized carbons (Fsp3) is 0.381. The fourth-order valence-electron chi connectivity index (χ4n) is 2.68. The number of aryl methyl sites for hydroxylation is 3. The van der Waals surface area contributed by atoms with Gasteiger partial charge in [-0.1, -0.05) is 24.3 Å². The third kappa shape index (κ3) is 6.98. The number of carbonyl (C=O) groups excluding carboxylic acids is 1. The summed E-state index contributed by atoms with van der Waals surface area (Å²) in [4.78, 5) is 12.1. The van der Waals surface area contributed by atoms with Crippen molar-refractivity contribution in [2.45, 2.75) is 38.5 Å². The molecule has 0 fully saturated rings. The van der Waals surface area contributed by atoms with Crippen LogP contribution in [0.3, 0.4) is 0 Å². The highest BCUT2D eigenvalue weighted by Crippen LogP contribution is 2.16. The average molecular weight is 405 g/mol. The number of rotatable bonds is 10. The number of carbonyl (C=O) groups is 1. The van der Waals surface area contributed by atoms with E-state index in [9.17, 15) is 13.2 Å². The van der Waals surface area contributed by atoms with Crippen LogP contribution in [0.15, 0.2) is 47.4 Å². The van der Waals surface area contributed by atoms with Crippen molar-refractivity contribution >= 4 is 15.9 Å². The zero-order chi connectivity index (χ0) is 20.6. The second kappa shape index (κ2) is 10.2. The maximum absolute atomic E-state index is 12.4. The topological polar surface area (TPSA) is 84.5 Å². The van der Waals surface area contributed by atoms with Crippen LogP contribution in [0.25, 0.3) is 0 Å². The van der Waals surface area contributed by atoms with Gasteiger partial charge in [-0.3, -0.25) is 4.79 Å². The lowest BCUT2D eigenvalue weighted by Crippen LogP contribution is -2.35. The maximum Gasteiger partial charge on any atom is 0.240 e. The molecule has 0 heterocycles. The van der Waals surface area contributed by atoms with Crippen LogP contribution < -0.4 is 14.8 Å². The molecule has 1 amide bonds. The Labute approximate surface area is 167 Å². The number of sulfonamides is 1. The Kier molecular flexibility index (Phi) is 8.02. The van der Waals surface area contributed by atoms with Crippen molar-refractivity contribution in [1.82, 2.24) is 10.0 Å². The Morgan fingerprint density at radius 2 is 1.75 bits per heavy atom. The first kappa shape index (κ1) is 21.9. The normalized spacial score (nSPS) is 11.2. The van der Waals surface area contributed by atoms with Gasteiger partial charge in [-0.25, -0.2) is 13.1 Å². The van der Waals surface area contributed by atoms with Gasteiger partial charge < -0.3 is 10.1 Å². The molecule has 0 spiro atoms. The van der Waals surface area contributed by atoms with Gasteiger partial charge >= 0.3 is 0 Å². The molecule has 0 bridgehead atoms. The Morgan fingerprint density at radius 1 is 1.00 bits per heavy atom. The van der Waals surface area contributed by atoms with Crippen LogP contribution >= 0.6 is 0 Å². The number of nitrogens with one attached hydrogen (secondary N) is 2. The van der Waals surface area contributed by atoms with Gasteiger partial charge in [0.25, 0.3) is 0 Å². The molecule has 7 heteroatoms. The standard InChI is InChI=1S/C21H28N2O4S/c1-16-6-4-7-19(14-16)27-13-5-8-21(24)22-11-12-23-28(25,26)20-15-17(2)9-10-18(20)3/h4,6-7,9-10,14-15,23H,5,8,11-13H2,1-3H3,(H,22,24). The zero-order valence-electron chi connectivity index (χ0n) is 16.6. The van der Waals surface area contributed by atoms with E-state index in [4.69, 9.17) is 4.74 Å². The summed E-state index contributed by atoms with van der Waals surface area (Å²) in [6.07, 6.45) is 0.920. The number of benzene rings is 2. The summed E-state index contributed by atoms with van der Waals surface area (Å²) in [5.41, 5.74) is 2.70. The Hall–Kier alpha value is -2.38. The first-order valence-electron chi connectivity index (χ1n) is 9.31. The molecule has 0 aliphatic rings. The Balaban J connectivity index is 1.66. The van der Waals surface area contributed by atoms with E-state index in [2.05, 4.69) is 10.0 Å². The van der Waals surface area contributed by atoms with Gasteiger partial charge in [0.2, 0.25) is 15.9 Å². The molecule has 0 saturated heterocycles. The van der Waals surface area contributed by atoms with E-state index >= 15 is 0 Å². The summed E-state index contributed by atoms with van der Waals surface area (Å²) >= 11 is 0. The summed E-state index contributed by atoms with van der Waals surface area (Å²) in [5.74, 6) is 0.667. The monoisotopic (exact) mass is 404 g/mol. The smallest absolute Gasteiger partial charge is 0.240 e. The molecule has 0 radical (unpaired) electrons. The van der Waals surface area contributed by atoms with Crippen LogP contribution in [0.4, 0.5) is 0 Å². The van der Waals surface area contributed by atoms with E-state index in [1.807, 2.05) is 44.2 Å². The first-order chi connectivity index (χ1) is 13.3. The van der Waals surface area contributed by atoms with Gasteiger partial charge in [-0.15, -0.1) is 0 Å². The maximum atomic E-state index is 12.4. The summed E-state index contributed by atoms with van der Waals surface area (Å²) in [7, 11) is -3.59. The van der Waals surface area contributed by atoms with Gasteiger partial charge in [0.15, 0.2) is 0 Å². The van der Waals surface area contributed by atoms with Crippen molar-refractivity contribution < 1.29 is 17.9 Å². The van der Waals surface area contributed by atoms with E-state index in [1.165, 1.54) is 0 Å². The highest BCUT2D eigenvalue weighted by atomic mass is 32.2. The minimum Gasteiger partial charge on any atom is -0.494 e. The molecule has 2 N–H and O–H groups in total. The molecule has 152 valence electrons. The van der Waals surface area contributed by atoms with Crippen LogP contribution in [0.5, 0.6) is 5.75 Å². The zero-order valence-corrected chi connectivity index (χ0v) is 17.4. The fourth-order valence-corrected chi connectivity index (χ4v) is 4.04. The van der Waals surface area contributed by atoms with Crippen molar-refractivity contribution in [3.05, 3.63) is 59.2 Å². The predicted octanol–water partition coefficient (Wildman–Crippen LogP) is 2.87. The van der Waals surface area contributed by atoms with E-state index in [0.29, 0.717) is 25.0 Å². The minimum absolute atomic E-state index is 0.126. The van der Waals surface area contributed by atoms with Gasteiger partial charge in [0, 0.05) is 19.5 Å². The molecule has 0 aliphatic carbocycles. The van der Waals surface area contributed by atoms with E-state index < -0.39 is 10.0 Å². The van der Waals surface area contributed by atoms with Crippen LogP contribution in [0.2, 0.25) is 0 Å². The number of hydrogen-bond acceptors (Lipinski definition) is 4. The van der Waals surface area contributed by atoms with Gasteiger partial charge in [0.1, 0.15) is 5.75 Å². The van der Waals surface area contributed by atoms with E-state index in [1.54, 1.807) is 19.1 Å². The highest BCUT2D eigenvalue weighted by Gasteiger charge is 2.16. The quantitative estimate of drug-likeness (QED) is 0.597. The summed E-state index contributed by atoms with van der Waals surface area (Å²) < 4.78 is 32.9. The number of amides is 1. The molecule has 2 aromatic carbocycles. The third-order valence-corrected chi connectivity index (χ3v) is 5.78. The minimum atomic E-state index is -3.59. The molecule has 6 nitrogen and oxygen atoms in total. The second-order valence-electron chi connectivity index (χ2n) is 6.79. The molecule has 0 aliphatic heterocycles. The SMILES string of the molecule is Cc1cccc(OCCCC(=O)NCCNS(=O)(=O)c2cc(C)ccc2C)c1. The lowest BCUT2D eigenvalue weighted by molar-refractivity contribution is -0.121. The van der Waals surface area contributed by atoms with Crippen molar-refractivity contribution in [3.63, 3.8) is 0 Å². The molecule has 2 aromatic rings. The molecule has 2 rings (SSSR count). The lowest BCUT2D eigenvalue weighted by atomic mass is 10.2. The first-order valence-corrected chi connectivity index (χ1v) is 10.8. The number of ether oxygens (including phenoxy) is 1. The summed E-state index contributed by atoms with van der Waals surface area (Å²) in [6, 6.07) is 13.1. The van der Waals surface area contributed by atoms with Crippen molar-refractivity contribution in [1.29, 1.82) is 0 Å². The van der Waals surface area contributed by atoms with Crippen LogP contribution in [-0.4, -0.2) is 34.0 Å². The predicted molar refractivity (Wildman–Crippen MR) is 110 cm³/mol. The molecule has 0 saturated carbocycles. The van der Waals surface area contributed by atoms with Crippen molar-refractivity contribution in [3.8, 4) is 5.75 Å². The number of hydrogen-bond donors (Lipinski definition) is 2. The third-order valence-electron chi connectivity index (χ3n) is 4.18. The Morgan fingerprint density at radius 3 is 2.50 bits per heavy atom. The average Bonchev–Trinajstić information content (AvgIpc) is 2.64. The molecule has 0 aromatic heterocycles. The van der Waals surface area contributed by atoms with Gasteiger partial charge in [-0.2, -0.15) is 0 Å². The van der Waals surface area contributed by atoms with E-state index in [-0.39, 0.29) is 23.9 Å². The largest absolute Gasteiger partial charge is 0.494 e. The van der Waals surface area contributed by atoms with E-state index in [0.717, 1.165) is 16.9 Å². The van der Waals surface area contributed by atoms with Crippen LogP contribution in [0.1, 0.15) is 29.5 Å². The molecule has 0 unspecified atom stereocenters. The summed E-state index contributed by atoms with van der Waals surface area (Å²) in [5, 5.41) is 2.72. The van der Waals surface area contributed by atoms with Crippen LogP contribution in [-0.2, 0) is 14.8 Å².